The molecule has 0 bridgehead atoms. The molecule has 164 valence electrons. The van der Waals surface area contributed by atoms with Gasteiger partial charge < -0.3 is 23.9 Å². The first-order valence-corrected chi connectivity index (χ1v) is 10.2. The fraction of sp³-hybridized carbons (Fsp3) is 0.200. The maximum atomic E-state index is 13.1. The number of aliphatic hydroxyl groups is 1. The Balaban J connectivity index is 1.86. The summed E-state index contributed by atoms with van der Waals surface area (Å²) in [5.41, 5.74) is 1.03. The highest BCUT2D eigenvalue weighted by Crippen LogP contribution is 2.41. The molecule has 1 aliphatic heterocycles. The van der Waals surface area contributed by atoms with Gasteiger partial charge >= 0.3 is 0 Å². The Morgan fingerprint density at radius 2 is 1.84 bits per heavy atom. The molecule has 2 heterocycles. The summed E-state index contributed by atoms with van der Waals surface area (Å²) in [4.78, 5) is 27.5. The van der Waals surface area contributed by atoms with Gasteiger partial charge in [0.2, 0.25) is 0 Å². The van der Waals surface area contributed by atoms with Gasteiger partial charge in [0.1, 0.15) is 23.0 Å². The number of hydrogen-bond acceptors (Lipinski definition) is 6. The standard InChI is InChI=1S/C25H23NO6/c1-3-31-19-10-5-8-17(14-19)23(27)21-22(16-7-4-9-18(13-16)30-2)26(25(29)24(21)28)15-20-11-6-12-32-20/h4-14,22,27H,3,15H2,1-2H3. The predicted molar refractivity (Wildman–Crippen MR) is 117 cm³/mol. The number of rotatable bonds is 7. The zero-order chi connectivity index (χ0) is 22.7. The van der Waals surface area contributed by atoms with Crippen LogP contribution in [-0.4, -0.2) is 35.4 Å². The topological polar surface area (TPSA) is 89.2 Å². The number of carbonyl (C=O) groups excluding carboxylic acids is 2. The van der Waals surface area contributed by atoms with Gasteiger partial charge in [-0.15, -0.1) is 0 Å². The van der Waals surface area contributed by atoms with Crippen molar-refractivity contribution in [2.24, 2.45) is 0 Å². The molecule has 0 aliphatic carbocycles. The molecular weight excluding hydrogens is 410 g/mol. The van der Waals surface area contributed by atoms with E-state index in [1.165, 1.54) is 18.3 Å². The lowest BCUT2D eigenvalue weighted by Gasteiger charge is -2.24. The van der Waals surface area contributed by atoms with Crippen molar-refractivity contribution in [1.82, 2.24) is 4.90 Å². The maximum Gasteiger partial charge on any atom is 0.296 e. The van der Waals surface area contributed by atoms with Gasteiger partial charge in [0.25, 0.3) is 11.7 Å². The zero-order valence-electron chi connectivity index (χ0n) is 17.8. The molecule has 1 unspecified atom stereocenters. The molecule has 0 saturated carbocycles. The highest BCUT2D eigenvalue weighted by molar-refractivity contribution is 6.46. The second-order valence-electron chi connectivity index (χ2n) is 7.24. The summed E-state index contributed by atoms with van der Waals surface area (Å²) in [5, 5.41) is 11.2. The lowest BCUT2D eigenvalue weighted by Crippen LogP contribution is -2.29. The molecule has 0 radical (unpaired) electrons. The number of ketones is 1. The first-order chi connectivity index (χ1) is 15.5. The van der Waals surface area contributed by atoms with Crippen molar-refractivity contribution in [1.29, 1.82) is 0 Å². The summed E-state index contributed by atoms with van der Waals surface area (Å²) in [7, 11) is 1.54. The summed E-state index contributed by atoms with van der Waals surface area (Å²) in [6.45, 7) is 2.40. The molecule has 1 amide bonds. The van der Waals surface area contributed by atoms with Crippen LogP contribution in [0.5, 0.6) is 11.5 Å². The summed E-state index contributed by atoms with van der Waals surface area (Å²) in [6.07, 6.45) is 1.51. The van der Waals surface area contributed by atoms with Gasteiger partial charge in [-0.2, -0.15) is 0 Å². The number of aliphatic hydroxyl groups excluding tert-OH is 1. The number of Topliss-reactive ketones (excluding diaryl/α,β-unsaturated/α-hetero) is 1. The number of carbonyl (C=O) groups is 2. The predicted octanol–water partition coefficient (Wildman–Crippen LogP) is 4.31. The van der Waals surface area contributed by atoms with Gasteiger partial charge in [0, 0.05) is 5.56 Å². The number of amides is 1. The van der Waals surface area contributed by atoms with Gasteiger partial charge in [0.05, 0.1) is 38.1 Å². The lowest BCUT2D eigenvalue weighted by atomic mass is 9.95. The first kappa shape index (κ1) is 21.2. The van der Waals surface area contributed by atoms with E-state index in [1.54, 1.807) is 60.7 Å². The lowest BCUT2D eigenvalue weighted by molar-refractivity contribution is -0.140. The number of nitrogens with zero attached hydrogens (tertiary/aromatic N) is 1. The summed E-state index contributed by atoms with van der Waals surface area (Å²) in [6, 6.07) is 16.5. The fourth-order valence-electron chi connectivity index (χ4n) is 3.83. The second kappa shape index (κ2) is 9.01. The van der Waals surface area contributed by atoms with Crippen LogP contribution in [0.1, 0.15) is 29.9 Å². The number of likely N-dealkylation sites (tertiary alicyclic amines) is 1. The molecule has 3 aromatic rings. The van der Waals surface area contributed by atoms with Crippen LogP contribution in [0.3, 0.4) is 0 Å². The third kappa shape index (κ3) is 3.97. The third-order valence-corrected chi connectivity index (χ3v) is 5.27. The van der Waals surface area contributed by atoms with Gasteiger partial charge in [-0.1, -0.05) is 24.3 Å². The van der Waals surface area contributed by atoms with Crippen LogP contribution in [0.4, 0.5) is 0 Å². The average Bonchev–Trinajstić information content (AvgIpc) is 3.41. The van der Waals surface area contributed by atoms with Gasteiger partial charge in [-0.25, -0.2) is 0 Å². The molecule has 7 heteroatoms. The molecule has 1 atom stereocenters. The van der Waals surface area contributed by atoms with Crippen LogP contribution in [-0.2, 0) is 16.1 Å². The van der Waals surface area contributed by atoms with Crippen molar-refractivity contribution in [2.45, 2.75) is 19.5 Å². The average molecular weight is 433 g/mol. The van der Waals surface area contributed by atoms with E-state index in [1.807, 2.05) is 6.92 Å². The Bertz CT molecular complexity index is 1160. The van der Waals surface area contributed by atoms with E-state index in [2.05, 4.69) is 0 Å². The molecule has 7 nitrogen and oxygen atoms in total. The third-order valence-electron chi connectivity index (χ3n) is 5.27. The molecule has 2 aromatic carbocycles. The number of ether oxygens (including phenoxy) is 2. The van der Waals surface area contributed by atoms with Crippen LogP contribution in [0.15, 0.2) is 76.9 Å². The smallest absolute Gasteiger partial charge is 0.296 e. The molecule has 32 heavy (non-hydrogen) atoms. The Labute approximate surface area is 185 Å². The zero-order valence-corrected chi connectivity index (χ0v) is 17.8. The van der Waals surface area contributed by atoms with Crippen LogP contribution >= 0.6 is 0 Å². The highest BCUT2D eigenvalue weighted by atomic mass is 16.5. The molecule has 0 spiro atoms. The van der Waals surface area contributed by atoms with E-state index < -0.39 is 17.7 Å². The Hall–Kier alpha value is -4.00. The van der Waals surface area contributed by atoms with Crippen molar-refractivity contribution < 1.29 is 28.6 Å². The minimum atomic E-state index is -0.814. The molecule has 1 aromatic heterocycles. The Kier molecular flexibility index (Phi) is 5.98. The van der Waals surface area contributed by atoms with Gasteiger partial charge in [-0.3, -0.25) is 9.59 Å². The number of furan rings is 1. The quantitative estimate of drug-likeness (QED) is 0.339. The SMILES string of the molecule is CCOc1cccc(C(O)=C2C(=O)C(=O)N(Cc3ccco3)C2c2cccc(OC)c2)c1. The Morgan fingerprint density at radius 3 is 2.56 bits per heavy atom. The Morgan fingerprint density at radius 1 is 1.06 bits per heavy atom. The minimum absolute atomic E-state index is 0.00320. The summed E-state index contributed by atoms with van der Waals surface area (Å²) in [5.74, 6) is -0.0815. The van der Waals surface area contributed by atoms with E-state index in [-0.39, 0.29) is 17.9 Å². The van der Waals surface area contributed by atoms with E-state index in [0.29, 0.717) is 35.0 Å². The van der Waals surface area contributed by atoms with Gasteiger partial charge in [0.15, 0.2) is 0 Å². The fourth-order valence-corrected chi connectivity index (χ4v) is 3.83. The summed E-state index contributed by atoms with van der Waals surface area (Å²) >= 11 is 0. The van der Waals surface area contributed by atoms with Crippen molar-refractivity contribution in [3.8, 4) is 11.5 Å². The maximum absolute atomic E-state index is 13.1. The molecule has 4 rings (SSSR count). The first-order valence-electron chi connectivity index (χ1n) is 10.2. The molecule has 1 saturated heterocycles. The van der Waals surface area contributed by atoms with E-state index in [0.717, 1.165) is 0 Å². The molecule has 1 fully saturated rings. The van der Waals surface area contributed by atoms with Crippen molar-refractivity contribution in [3.63, 3.8) is 0 Å². The summed E-state index contributed by atoms with van der Waals surface area (Å²) < 4.78 is 16.3. The van der Waals surface area contributed by atoms with Crippen molar-refractivity contribution in [2.75, 3.05) is 13.7 Å². The van der Waals surface area contributed by atoms with Crippen LogP contribution in [0, 0.1) is 0 Å². The number of benzene rings is 2. The van der Waals surface area contributed by atoms with Gasteiger partial charge in [-0.05, 0) is 48.9 Å². The van der Waals surface area contributed by atoms with E-state index in [9.17, 15) is 14.7 Å². The molecule has 1 aliphatic rings. The van der Waals surface area contributed by atoms with Crippen LogP contribution in [0.2, 0.25) is 0 Å². The molecular formula is C25H23NO6. The number of methoxy groups -OCH3 is 1. The molecule has 1 N–H and O–H groups in total. The normalized spacial score (nSPS) is 17.6. The van der Waals surface area contributed by atoms with Crippen molar-refractivity contribution >= 4 is 17.4 Å². The van der Waals surface area contributed by atoms with Crippen molar-refractivity contribution in [3.05, 3.63) is 89.4 Å². The largest absolute Gasteiger partial charge is 0.507 e. The van der Waals surface area contributed by atoms with Crippen LogP contribution in [0.25, 0.3) is 5.76 Å². The minimum Gasteiger partial charge on any atom is -0.507 e. The number of hydrogen-bond donors (Lipinski definition) is 1. The monoisotopic (exact) mass is 433 g/mol. The highest BCUT2D eigenvalue weighted by Gasteiger charge is 2.46. The van der Waals surface area contributed by atoms with E-state index >= 15 is 0 Å². The second-order valence-corrected chi connectivity index (χ2v) is 7.24. The van der Waals surface area contributed by atoms with E-state index in [4.69, 9.17) is 13.9 Å². The van der Waals surface area contributed by atoms with Crippen LogP contribution < -0.4 is 9.47 Å².